The summed E-state index contributed by atoms with van der Waals surface area (Å²) in [5.41, 5.74) is 2.22. The van der Waals surface area contributed by atoms with E-state index >= 15 is 0 Å². The molecule has 120 valence electrons. The fourth-order valence-corrected chi connectivity index (χ4v) is 4.13. The third-order valence-electron chi connectivity index (χ3n) is 3.93. The van der Waals surface area contributed by atoms with Crippen LogP contribution in [0.1, 0.15) is 30.3 Å². The van der Waals surface area contributed by atoms with E-state index in [1.165, 1.54) is 0 Å². The van der Waals surface area contributed by atoms with Gasteiger partial charge in [0.25, 0.3) is 0 Å². The van der Waals surface area contributed by atoms with Crippen LogP contribution in [-0.4, -0.2) is 22.7 Å². The highest BCUT2D eigenvalue weighted by atomic mass is 32.2. The fraction of sp³-hybridized carbons (Fsp3) is 0.316. The zero-order valence-corrected chi connectivity index (χ0v) is 14.3. The zero-order valence-electron chi connectivity index (χ0n) is 13.4. The molecular weight excluding hydrogens is 306 g/mol. The summed E-state index contributed by atoms with van der Waals surface area (Å²) in [5.74, 6) is 1.06. The van der Waals surface area contributed by atoms with Crippen LogP contribution in [-0.2, 0) is 11.3 Å². The van der Waals surface area contributed by atoms with Gasteiger partial charge in [-0.15, -0.1) is 11.8 Å². The lowest BCUT2D eigenvalue weighted by Crippen LogP contribution is -2.30. The smallest absolute Gasteiger partial charge is 0.236 e. The maximum Gasteiger partial charge on any atom is 0.236 e. The maximum absolute atomic E-state index is 12.6. The van der Waals surface area contributed by atoms with Gasteiger partial charge in [-0.2, -0.15) is 0 Å². The van der Waals surface area contributed by atoms with Crippen molar-refractivity contribution < 1.29 is 9.53 Å². The van der Waals surface area contributed by atoms with Crippen molar-refractivity contribution in [2.75, 3.05) is 6.61 Å². The van der Waals surface area contributed by atoms with Gasteiger partial charge in [-0.3, -0.25) is 4.79 Å². The Morgan fingerprint density at radius 1 is 1.09 bits per heavy atom. The van der Waals surface area contributed by atoms with Crippen molar-refractivity contribution in [3.63, 3.8) is 0 Å². The quantitative estimate of drug-likeness (QED) is 0.822. The van der Waals surface area contributed by atoms with Gasteiger partial charge in [0.1, 0.15) is 11.1 Å². The normalized spacial score (nSPS) is 20.8. The van der Waals surface area contributed by atoms with Crippen LogP contribution in [0.3, 0.4) is 0 Å². The molecule has 0 radical (unpaired) electrons. The molecule has 1 amide bonds. The summed E-state index contributed by atoms with van der Waals surface area (Å²) in [7, 11) is 0. The van der Waals surface area contributed by atoms with Gasteiger partial charge in [0, 0.05) is 12.1 Å². The first-order chi connectivity index (χ1) is 11.2. The minimum Gasteiger partial charge on any atom is -0.493 e. The second-order valence-corrected chi connectivity index (χ2v) is 6.98. The number of carbonyl (C=O) groups is 1. The highest BCUT2D eigenvalue weighted by molar-refractivity contribution is 8.01. The van der Waals surface area contributed by atoms with E-state index in [0.717, 1.165) is 16.9 Å². The molecule has 1 fully saturated rings. The van der Waals surface area contributed by atoms with E-state index in [1.54, 1.807) is 11.8 Å². The van der Waals surface area contributed by atoms with Gasteiger partial charge in [-0.25, -0.2) is 0 Å². The third kappa shape index (κ3) is 3.37. The summed E-state index contributed by atoms with van der Waals surface area (Å²) in [6.45, 7) is 5.21. The number of thioether (sulfide) groups is 1. The Bertz CT molecular complexity index is 674. The van der Waals surface area contributed by atoms with E-state index in [2.05, 4.69) is 18.2 Å². The van der Waals surface area contributed by atoms with Crippen molar-refractivity contribution in [1.29, 1.82) is 0 Å². The second-order valence-electron chi connectivity index (χ2n) is 5.55. The molecule has 2 atom stereocenters. The molecule has 1 aliphatic rings. The minimum atomic E-state index is -0.0293. The number of rotatable bonds is 5. The number of benzene rings is 2. The number of amides is 1. The Kier molecular flexibility index (Phi) is 4.91. The molecule has 3 nitrogen and oxygen atoms in total. The largest absolute Gasteiger partial charge is 0.493 e. The molecule has 2 aromatic carbocycles. The van der Waals surface area contributed by atoms with Gasteiger partial charge in [-0.05, 0) is 25.5 Å². The minimum absolute atomic E-state index is 0.000422. The number of nitrogens with zero attached hydrogens (tertiary/aromatic N) is 1. The SMILES string of the molecule is CCOc1ccccc1[C@H]1S[C@H](C)C(=O)N1Cc1ccccc1. The average molecular weight is 327 g/mol. The number of hydrogen-bond acceptors (Lipinski definition) is 3. The van der Waals surface area contributed by atoms with Crippen molar-refractivity contribution in [2.24, 2.45) is 0 Å². The van der Waals surface area contributed by atoms with Crippen LogP contribution >= 0.6 is 11.8 Å². The summed E-state index contributed by atoms with van der Waals surface area (Å²) in [4.78, 5) is 14.6. The molecule has 1 aliphatic heterocycles. The number of carbonyl (C=O) groups excluding carboxylic acids is 1. The maximum atomic E-state index is 12.6. The van der Waals surface area contributed by atoms with E-state index < -0.39 is 0 Å². The molecule has 0 spiro atoms. The van der Waals surface area contributed by atoms with Crippen LogP contribution in [0.25, 0.3) is 0 Å². The molecule has 4 heteroatoms. The first-order valence-electron chi connectivity index (χ1n) is 7.92. The summed E-state index contributed by atoms with van der Waals surface area (Å²) in [6.07, 6.45) is 0. The zero-order chi connectivity index (χ0) is 16.2. The topological polar surface area (TPSA) is 29.5 Å². The molecule has 1 heterocycles. The van der Waals surface area contributed by atoms with Crippen molar-refractivity contribution in [1.82, 2.24) is 4.90 Å². The highest BCUT2D eigenvalue weighted by Gasteiger charge is 2.39. The van der Waals surface area contributed by atoms with Crippen LogP contribution < -0.4 is 4.74 Å². The van der Waals surface area contributed by atoms with Crippen LogP contribution in [0.15, 0.2) is 54.6 Å². The Labute approximate surface area is 141 Å². The molecule has 2 aromatic rings. The molecule has 0 aromatic heterocycles. The van der Waals surface area contributed by atoms with E-state index in [9.17, 15) is 4.79 Å². The molecule has 23 heavy (non-hydrogen) atoms. The highest BCUT2D eigenvalue weighted by Crippen LogP contribution is 2.46. The molecule has 1 saturated heterocycles. The standard InChI is InChI=1S/C19H21NO2S/c1-3-22-17-12-8-7-11-16(17)19-20(18(21)14(2)23-19)13-15-9-5-4-6-10-15/h4-12,14,19H,3,13H2,1-2H3/t14-,19-/m1/s1. The monoisotopic (exact) mass is 327 g/mol. The lowest BCUT2D eigenvalue weighted by atomic mass is 10.1. The Hall–Kier alpha value is -1.94. The van der Waals surface area contributed by atoms with E-state index in [-0.39, 0.29) is 16.5 Å². The van der Waals surface area contributed by atoms with Crippen molar-refractivity contribution in [2.45, 2.75) is 31.0 Å². The van der Waals surface area contributed by atoms with Gasteiger partial charge in [0.2, 0.25) is 5.91 Å². The summed E-state index contributed by atoms with van der Waals surface area (Å²) in [5, 5.41) is -0.0288. The van der Waals surface area contributed by atoms with Crippen LogP contribution in [0.2, 0.25) is 0 Å². The first-order valence-corrected chi connectivity index (χ1v) is 8.86. The van der Waals surface area contributed by atoms with Crippen molar-refractivity contribution >= 4 is 17.7 Å². The molecule has 0 N–H and O–H groups in total. The predicted octanol–water partition coefficient (Wildman–Crippen LogP) is 4.25. The Morgan fingerprint density at radius 2 is 1.78 bits per heavy atom. The lowest BCUT2D eigenvalue weighted by molar-refractivity contribution is -0.130. The average Bonchev–Trinajstić information content (AvgIpc) is 2.85. The van der Waals surface area contributed by atoms with Crippen molar-refractivity contribution in [3.8, 4) is 5.75 Å². The molecular formula is C19H21NO2S. The number of ether oxygens (including phenoxy) is 1. The van der Waals surface area contributed by atoms with Crippen molar-refractivity contribution in [3.05, 3.63) is 65.7 Å². The fourth-order valence-electron chi connectivity index (χ4n) is 2.83. The molecule has 0 saturated carbocycles. The van der Waals surface area contributed by atoms with Gasteiger partial charge >= 0.3 is 0 Å². The van der Waals surface area contributed by atoms with Crippen LogP contribution in [0.5, 0.6) is 5.75 Å². The van der Waals surface area contributed by atoms with Crippen LogP contribution in [0.4, 0.5) is 0 Å². The summed E-state index contributed by atoms with van der Waals surface area (Å²) in [6, 6.07) is 18.2. The third-order valence-corrected chi connectivity index (χ3v) is 5.30. The lowest BCUT2D eigenvalue weighted by Gasteiger charge is -2.25. The number of para-hydroxylation sites is 1. The summed E-state index contributed by atoms with van der Waals surface area (Å²) < 4.78 is 5.77. The second kappa shape index (κ2) is 7.09. The van der Waals surface area contributed by atoms with Gasteiger partial charge in [0.15, 0.2) is 0 Å². The van der Waals surface area contributed by atoms with E-state index in [4.69, 9.17) is 4.74 Å². The van der Waals surface area contributed by atoms with Gasteiger partial charge in [-0.1, -0.05) is 48.5 Å². The number of hydrogen-bond donors (Lipinski definition) is 0. The molecule has 3 rings (SSSR count). The first kappa shape index (κ1) is 15.9. The van der Waals surface area contributed by atoms with Crippen LogP contribution in [0, 0.1) is 0 Å². The van der Waals surface area contributed by atoms with E-state index in [1.807, 2.05) is 55.1 Å². The van der Waals surface area contributed by atoms with E-state index in [0.29, 0.717) is 13.2 Å². The molecule has 0 bridgehead atoms. The molecule has 0 aliphatic carbocycles. The molecule has 0 unspecified atom stereocenters. The Morgan fingerprint density at radius 3 is 2.52 bits per heavy atom. The van der Waals surface area contributed by atoms with Gasteiger partial charge in [0.05, 0.1) is 11.9 Å². The summed E-state index contributed by atoms with van der Waals surface area (Å²) >= 11 is 1.69. The predicted molar refractivity (Wildman–Crippen MR) is 94.4 cm³/mol. The Balaban J connectivity index is 1.92. The van der Waals surface area contributed by atoms with Gasteiger partial charge < -0.3 is 9.64 Å².